The SMILES string of the molecule is CC1=NC(=Cc2ccc(C(F)(F)F)cc2)C(=O)O1. The molecule has 0 radical (unpaired) electrons. The first-order chi connectivity index (χ1) is 8.36. The number of cyclic esters (lactones) is 1. The van der Waals surface area contributed by atoms with Gasteiger partial charge in [-0.2, -0.15) is 13.2 Å². The highest BCUT2D eigenvalue weighted by Crippen LogP contribution is 2.29. The number of carbonyl (C=O) groups excluding carboxylic acids is 1. The fourth-order valence-electron chi connectivity index (χ4n) is 1.44. The van der Waals surface area contributed by atoms with Gasteiger partial charge in [0.05, 0.1) is 5.56 Å². The lowest BCUT2D eigenvalue weighted by molar-refractivity contribution is -0.137. The minimum Gasteiger partial charge on any atom is -0.407 e. The minimum absolute atomic E-state index is 0.0762. The van der Waals surface area contributed by atoms with Gasteiger partial charge in [0.1, 0.15) is 0 Å². The number of halogens is 3. The lowest BCUT2D eigenvalue weighted by Gasteiger charge is -2.05. The Labute approximate surface area is 101 Å². The standard InChI is InChI=1S/C12H8F3NO2/c1-7-16-10(11(17)18-7)6-8-2-4-9(5-3-8)12(13,14)15/h2-6H,1H3. The maximum absolute atomic E-state index is 12.3. The molecule has 6 heteroatoms. The van der Waals surface area contributed by atoms with Crippen molar-refractivity contribution in [3.05, 3.63) is 41.1 Å². The number of esters is 1. The summed E-state index contributed by atoms with van der Waals surface area (Å²) in [4.78, 5) is 15.0. The highest BCUT2D eigenvalue weighted by molar-refractivity contribution is 6.06. The molecule has 1 aliphatic rings. The molecule has 0 fully saturated rings. The van der Waals surface area contributed by atoms with Crippen molar-refractivity contribution in [1.82, 2.24) is 0 Å². The molecular formula is C12H8F3NO2. The summed E-state index contributed by atoms with van der Waals surface area (Å²) in [5.41, 5.74) is -0.209. The van der Waals surface area contributed by atoms with Crippen LogP contribution >= 0.6 is 0 Å². The lowest BCUT2D eigenvalue weighted by atomic mass is 10.1. The third kappa shape index (κ3) is 2.58. The zero-order chi connectivity index (χ0) is 13.3. The summed E-state index contributed by atoms with van der Waals surface area (Å²) in [6, 6.07) is 4.44. The number of alkyl halides is 3. The molecule has 0 aromatic heterocycles. The fourth-order valence-corrected chi connectivity index (χ4v) is 1.44. The first kappa shape index (κ1) is 12.3. The van der Waals surface area contributed by atoms with Crippen molar-refractivity contribution in [1.29, 1.82) is 0 Å². The van der Waals surface area contributed by atoms with Gasteiger partial charge in [-0.3, -0.25) is 0 Å². The molecule has 18 heavy (non-hydrogen) atoms. The molecule has 0 unspecified atom stereocenters. The summed E-state index contributed by atoms with van der Waals surface area (Å²) >= 11 is 0. The Morgan fingerprint density at radius 3 is 2.28 bits per heavy atom. The zero-order valence-electron chi connectivity index (χ0n) is 9.28. The number of benzene rings is 1. The largest absolute Gasteiger partial charge is 0.416 e. The second kappa shape index (κ2) is 4.29. The summed E-state index contributed by atoms with van der Waals surface area (Å²) in [6.07, 6.45) is -2.99. The van der Waals surface area contributed by atoms with Crippen molar-refractivity contribution in [3.8, 4) is 0 Å². The van der Waals surface area contributed by atoms with E-state index in [2.05, 4.69) is 9.73 Å². The molecule has 0 bridgehead atoms. The highest BCUT2D eigenvalue weighted by atomic mass is 19.4. The highest BCUT2D eigenvalue weighted by Gasteiger charge is 2.30. The van der Waals surface area contributed by atoms with Gasteiger partial charge in [0.25, 0.3) is 0 Å². The van der Waals surface area contributed by atoms with Gasteiger partial charge < -0.3 is 4.74 Å². The Balaban J connectivity index is 2.26. The van der Waals surface area contributed by atoms with Crippen molar-refractivity contribution in [2.75, 3.05) is 0 Å². The van der Waals surface area contributed by atoms with Crippen LogP contribution < -0.4 is 0 Å². The molecule has 0 amide bonds. The number of hydrogen-bond acceptors (Lipinski definition) is 3. The fraction of sp³-hybridized carbons (Fsp3) is 0.167. The molecule has 94 valence electrons. The van der Waals surface area contributed by atoms with Gasteiger partial charge in [0, 0.05) is 6.92 Å². The Bertz CT molecular complexity index is 541. The van der Waals surface area contributed by atoms with Crippen LogP contribution in [0.15, 0.2) is 35.0 Å². The quantitative estimate of drug-likeness (QED) is 0.571. The third-order valence-corrected chi connectivity index (χ3v) is 2.27. The van der Waals surface area contributed by atoms with E-state index >= 15 is 0 Å². The first-order valence-corrected chi connectivity index (χ1v) is 5.03. The van der Waals surface area contributed by atoms with Crippen LogP contribution in [-0.4, -0.2) is 11.9 Å². The van der Waals surface area contributed by atoms with Crippen LogP contribution in [0.3, 0.4) is 0 Å². The van der Waals surface area contributed by atoms with Crippen LogP contribution in [0.2, 0.25) is 0 Å². The van der Waals surface area contributed by atoms with Gasteiger partial charge in [0.15, 0.2) is 11.6 Å². The van der Waals surface area contributed by atoms with E-state index in [-0.39, 0.29) is 11.6 Å². The molecule has 0 atom stereocenters. The predicted octanol–water partition coefficient (Wildman–Crippen LogP) is 3.02. The Morgan fingerprint density at radius 1 is 1.22 bits per heavy atom. The van der Waals surface area contributed by atoms with Gasteiger partial charge in [-0.25, -0.2) is 9.79 Å². The van der Waals surface area contributed by atoms with Gasteiger partial charge in [-0.05, 0) is 23.8 Å². The second-order valence-corrected chi connectivity index (χ2v) is 3.67. The van der Waals surface area contributed by atoms with Crippen LogP contribution in [0.5, 0.6) is 0 Å². The lowest BCUT2D eigenvalue weighted by Crippen LogP contribution is -2.04. The molecule has 0 spiro atoms. The monoisotopic (exact) mass is 255 g/mol. The summed E-state index contributed by atoms with van der Waals surface area (Å²) in [5, 5.41) is 0. The van der Waals surface area contributed by atoms with Crippen LogP contribution in [0.25, 0.3) is 6.08 Å². The molecule has 0 saturated carbocycles. The van der Waals surface area contributed by atoms with E-state index in [9.17, 15) is 18.0 Å². The Kier molecular flexibility index (Phi) is 2.94. The molecule has 1 aliphatic heterocycles. The molecule has 0 saturated heterocycles. The number of ether oxygens (including phenoxy) is 1. The average Bonchev–Trinajstić information content (AvgIpc) is 2.57. The minimum atomic E-state index is -4.37. The van der Waals surface area contributed by atoms with Crippen molar-refractivity contribution >= 4 is 17.9 Å². The molecule has 3 nitrogen and oxygen atoms in total. The van der Waals surface area contributed by atoms with Gasteiger partial charge in [-0.1, -0.05) is 12.1 Å². The van der Waals surface area contributed by atoms with Crippen molar-refractivity contribution in [2.45, 2.75) is 13.1 Å². The maximum Gasteiger partial charge on any atom is 0.416 e. The molecule has 0 aliphatic carbocycles. The van der Waals surface area contributed by atoms with Crippen LogP contribution in [-0.2, 0) is 15.7 Å². The van der Waals surface area contributed by atoms with Crippen LogP contribution in [0.4, 0.5) is 13.2 Å². The third-order valence-electron chi connectivity index (χ3n) is 2.27. The van der Waals surface area contributed by atoms with E-state index in [1.807, 2.05) is 0 Å². The summed E-state index contributed by atoms with van der Waals surface area (Å²) in [5.74, 6) is -0.384. The van der Waals surface area contributed by atoms with E-state index in [0.29, 0.717) is 5.56 Å². The predicted molar refractivity (Wildman–Crippen MR) is 58.6 cm³/mol. The summed E-state index contributed by atoms with van der Waals surface area (Å²) < 4.78 is 41.7. The van der Waals surface area contributed by atoms with Crippen molar-refractivity contribution < 1.29 is 22.7 Å². The topological polar surface area (TPSA) is 38.7 Å². The van der Waals surface area contributed by atoms with E-state index in [4.69, 9.17) is 0 Å². The first-order valence-electron chi connectivity index (χ1n) is 5.03. The molecule has 1 aromatic carbocycles. The zero-order valence-corrected chi connectivity index (χ0v) is 9.28. The van der Waals surface area contributed by atoms with E-state index in [1.165, 1.54) is 25.1 Å². The number of aliphatic imine (C=N–C) groups is 1. The summed E-state index contributed by atoms with van der Waals surface area (Å²) in [7, 11) is 0. The number of hydrogen-bond donors (Lipinski definition) is 0. The number of carbonyl (C=O) groups is 1. The van der Waals surface area contributed by atoms with Crippen molar-refractivity contribution in [2.24, 2.45) is 4.99 Å². The van der Waals surface area contributed by atoms with Gasteiger partial charge in [0.2, 0.25) is 0 Å². The second-order valence-electron chi connectivity index (χ2n) is 3.67. The van der Waals surface area contributed by atoms with Crippen LogP contribution in [0.1, 0.15) is 18.1 Å². The maximum atomic E-state index is 12.3. The Morgan fingerprint density at radius 2 is 1.83 bits per heavy atom. The molecular weight excluding hydrogens is 247 g/mol. The molecule has 1 heterocycles. The number of nitrogens with zero attached hydrogens (tertiary/aromatic N) is 1. The average molecular weight is 255 g/mol. The Hall–Kier alpha value is -2.11. The summed E-state index contributed by atoms with van der Waals surface area (Å²) in [6.45, 7) is 1.52. The molecule has 0 N–H and O–H groups in total. The van der Waals surface area contributed by atoms with E-state index < -0.39 is 17.7 Å². The van der Waals surface area contributed by atoms with Gasteiger partial charge >= 0.3 is 12.1 Å². The molecule has 2 rings (SSSR count). The molecule has 1 aromatic rings. The van der Waals surface area contributed by atoms with Gasteiger partial charge in [-0.15, -0.1) is 0 Å². The smallest absolute Gasteiger partial charge is 0.407 e. The van der Waals surface area contributed by atoms with E-state index in [1.54, 1.807) is 0 Å². The normalized spacial score (nSPS) is 17.9. The number of rotatable bonds is 1. The van der Waals surface area contributed by atoms with Crippen molar-refractivity contribution in [3.63, 3.8) is 0 Å². The van der Waals surface area contributed by atoms with E-state index in [0.717, 1.165) is 12.1 Å². The van der Waals surface area contributed by atoms with Crippen LogP contribution in [0, 0.1) is 0 Å².